The number of anilines is 1. The van der Waals surface area contributed by atoms with Crippen LogP contribution in [0.3, 0.4) is 0 Å². The molecule has 4 nitrogen and oxygen atoms in total. The fourth-order valence-electron chi connectivity index (χ4n) is 2.40. The lowest BCUT2D eigenvalue weighted by Crippen LogP contribution is -2.29. The van der Waals surface area contributed by atoms with Crippen LogP contribution in [0.2, 0.25) is 0 Å². The van der Waals surface area contributed by atoms with Crippen LogP contribution in [0.25, 0.3) is 0 Å². The molecule has 1 amide bonds. The highest BCUT2D eigenvalue weighted by Gasteiger charge is 2.27. The summed E-state index contributed by atoms with van der Waals surface area (Å²) >= 11 is 3.35. The van der Waals surface area contributed by atoms with Crippen molar-refractivity contribution >= 4 is 27.5 Å². The number of nitrogens with one attached hydrogen (secondary N) is 1. The Hall–Kier alpha value is -0.910. The lowest BCUT2D eigenvalue weighted by atomic mass is 10.1. The van der Waals surface area contributed by atoms with Gasteiger partial charge in [-0.3, -0.25) is 4.79 Å². The molecule has 0 bridgehead atoms. The Morgan fingerprint density at radius 3 is 2.79 bits per heavy atom. The number of amides is 1. The molecule has 3 N–H and O–H groups in total. The van der Waals surface area contributed by atoms with Crippen molar-refractivity contribution in [3.63, 3.8) is 0 Å². The summed E-state index contributed by atoms with van der Waals surface area (Å²) < 4.78 is 6.65. The Morgan fingerprint density at radius 2 is 2.11 bits per heavy atom. The molecule has 0 saturated heterocycles. The molecular formula is C14H19BrN2O2. The van der Waals surface area contributed by atoms with Crippen molar-refractivity contribution in [2.75, 3.05) is 18.5 Å². The van der Waals surface area contributed by atoms with E-state index in [-0.39, 0.29) is 18.6 Å². The summed E-state index contributed by atoms with van der Waals surface area (Å²) in [4.78, 5) is 11.8. The summed E-state index contributed by atoms with van der Waals surface area (Å²) in [6, 6.07) is 7.47. The van der Waals surface area contributed by atoms with E-state index < -0.39 is 0 Å². The van der Waals surface area contributed by atoms with Gasteiger partial charge in [-0.15, -0.1) is 0 Å². The number of carbonyl (C=O) groups is 1. The highest BCUT2D eigenvalue weighted by molar-refractivity contribution is 9.10. The second-order valence-electron chi connectivity index (χ2n) is 4.83. The third-order valence-corrected chi connectivity index (χ3v) is 3.98. The largest absolute Gasteiger partial charge is 0.368 e. The van der Waals surface area contributed by atoms with E-state index in [1.165, 1.54) is 0 Å². The van der Waals surface area contributed by atoms with Crippen LogP contribution in [0.4, 0.5) is 5.69 Å². The second kappa shape index (κ2) is 7.03. The number of benzene rings is 1. The normalized spacial score (nSPS) is 22.4. The molecule has 0 aliphatic heterocycles. The first-order valence-corrected chi connectivity index (χ1v) is 7.35. The molecule has 5 heteroatoms. The molecule has 2 rings (SSSR count). The third-order valence-electron chi connectivity index (χ3n) is 3.45. The first-order chi connectivity index (χ1) is 9.19. The van der Waals surface area contributed by atoms with Crippen molar-refractivity contribution in [2.24, 2.45) is 11.7 Å². The molecule has 1 aromatic rings. The third kappa shape index (κ3) is 4.30. The van der Waals surface area contributed by atoms with E-state index in [0.717, 1.165) is 29.4 Å². The van der Waals surface area contributed by atoms with Crippen molar-refractivity contribution in [2.45, 2.75) is 25.4 Å². The number of rotatable bonds is 5. The quantitative estimate of drug-likeness (QED) is 0.873. The van der Waals surface area contributed by atoms with Crippen LogP contribution >= 0.6 is 15.9 Å². The van der Waals surface area contributed by atoms with Gasteiger partial charge in [-0.2, -0.15) is 0 Å². The van der Waals surface area contributed by atoms with Gasteiger partial charge in [0, 0.05) is 10.2 Å². The van der Waals surface area contributed by atoms with E-state index in [9.17, 15) is 4.79 Å². The minimum atomic E-state index is -0.120. The van der Waals surface area contributed by atoms with Gasteiger partial charge in [-0.1, -0.05) is 22.4 Å². The van der Waals surface area contributed by atoms with Gasteiger partial charge in [0.05, 0.1) is 6.10 Å². The van der Waals surface area contributed by atoms with Gasteiger partial charge >= 0.3 is 0 Å². The Bertz CT molecular complexity index is 422. The van der Waals surface area contributed by atoms with Gasteiger partial charge in [0.15, 0.2) is 0 Å². The van der Waals surface area contributed by atoms with Crippen molar-refractivity contribution in [1.82, 2.24) is 0 Å². The molecule has 0 spiro atoms. The zero-order valence-corrected chi connectivity index (χ0v) is 12.4. The van der Waals surface area contributed by atoms with Gasteiger partial charge in [0.2, 0.25) is 5.91 Å². The summed E-state index contributed by atoms with van der Waals surface area (Å²) in [6.45, 7) is 0.732. The standard InChI is InChI=1S/C14H19BrN2O2/c15-11-4-6-12(7-5-11)17-14(18)9-19-13-3-1-2-10(13)8-16/h4-7,10,13H,1-3,8-9,16H2,(H,17,18). The molecule has 0 radical (unpaired) electrons. The number of hydrogen-bond donors (Lipinski definition) is 2. The highest BCUT2D eigenvalue weighted by atomic mass is 79.9. The molecule has 2 atom stereocenters. The number of carbonyl (C=O) groups excluding carboxylic acids is 1. The second-order valence-corrected chi connectivity index (χ2v) is 5.75. The van der Waals surface area contributed by atoms with Gasteiger partial charge in [-0.25, -0.2) is 0 Å². The topological polar surface area (TPSA) is 64.3 Å². The average molecular weight is 327 g/mol. The van der Waals surface area contributed by atoms with E-state index in [1.54, 1.807) is 0 Å². The molecule has 0 aromatic heterocycles. The smallest absolute Gasteiger partial charge is 0.250 e. The summed E-state index contributed by atoms with van der Waals surface area (Å²) in [7, 11) is 0. The molecule has 2 unspecified atom stereocenters. The molecule has 19 heavy (non-hydrogen) atoms. The van der Waals surface area contributed by atoms with Crippen LogP contribution in [-0.2, 0) is 9.53 Å². The first kappa shape index (κ1) is 14.5. The van der Waals surface area contributed by atoms with E-state index in [2.05, 4.69) is 21.2 Å². The van der Waals surface area contributed by atoms with E-state index in [4.69, 9.17) is 10.5 Å². The summed E-state index contributed by atoms with van der Waals surface area (Å²) in [5, 5.41) is 2.81. The number of halogens is 1. The molecule has 1 aliphatic rings. The maximum absolute atomic E-state index is 11.8. The minimum Gasteiger partial charge on any atom is -0.368 e. The van der Waals surface area contributed by atoms with Crippen molar-refractivity contribution in [1.29, 1.82) is 0 Å². The van der Waals surface area contributed by atoms with Crippen LogP contribution in [0.5, 0.6) is 0 Å². The molecule has 1 aliphatic carbocycles. The first-order valence-electron chi connectivity index (χ1n) is 6.56. The van der Waals surface area contributed by atoms with E-state index in [0.29, 0.717) is 12.5 Å². The zero-order chi connectivity index (χ0) is 13.7. The summed E-state index contributed by atoms with van der Waals surface area (Å²) in [5.74, 6) is 0.283. The lowest BCUT2D eigenvalue weighted by Gasteiger charge is -2.18. The Labute approximate surface area is 121 Å². The van der Waals surface area contributed by atoms with Crippen LogP contribution in [0.15, 0.2) is 28.7 Å². The molecule has 1 aromatic carbocycles. The number of ether oxygens (including phenoxy) is 1. The monoisotopic (exact) mass is 326 g/mol. The fourth-order valence-corrected chi connectivity index (χ4v) is 2.67. The molecular weight excluding hydrogens is 308 g/mol. The van der Waals surface area contributed by atoms with Gasteiger partial charge in [-0.05, 0) is 49.6 Å². The zero-order valence-electron chi connectivity index (χ0n) is 10.8. The van der Waals surface area contributed by atoms with Gasteiger partial charge in [0.1, 0.15) is 6.61 Å². The van der Waals surface area contributed by atoms with Crippen LogP contribution < -0.4 is 11.1 Å². The minimum absolute atomic E-state index is 0.0945. The fraction of sp³-hybridized carbons (Fsp3) is 0.500. The average Bonchev–Trinajstić information content (AvgIpc) is 2.86. The van der Waals surface area contributed by atoms with E-state index in [1.807, 2.05) is 24.3 Å². The highest BCUT2D eigenvalue weighted by Crippen LogP contribution is 2.27. The van der Waals surface area contributed by atoms with Gasteiger partial charge in [0.25, 0.3) is 0 Å². The molecule has 1 saturated carbocycles. The van der Waals surface area contributed by atoms with Crippen LogP contribution in [0, 0.1) is 5.92 Å². The number of nitrogens with two attached hydrogens (primary N) is 1. The summed E-state index contributed by atoms with van der Waals surface area (Å²) in [5.41, 5.74) is 6.46. The lowest BCUT2D eigenvalue weighted by molar-refractivity contribution is -0.123. The Kier molecular flexibility index (Phi) is 5.36. The SMILES string of the molecule is NCC1CCCC1OCC(=O)Nc1ccc(Br)cc1. The Balaban J connectivity index is 1.77. The molecule has 0 heterocycles. The van der Waals surface area contributed by atoms with Crippen molar-refractivity contribution in [3.05, 3.63) is 28.7 Å². The van der Waals surface area contributed by atoms with Crippen LogP contribution in [-0.4, -0.2) is 25.2 Å². The predicted octanol–water partition coefficient (Wildman–Crippen LogP) is 2.53. The van der Waals surface area contributed by atoms with Crippen molar-refractivity contribution < 1.29 is 9.53 Å². The number of hydrogen-bond acceptors (Lipinski definition) is 3. The van der Waals surface area contributed by atoms with Crippen molar-refractivity contribution in [3.8, 4) is 0 Å². The summed E-state index contributed by atoms with van der Waals surface area (Å²) in [6.07, 6.45) is 3.39. The maximum atomic E-state index is 11.8. The van der Waals surface area contributed by atoms with E-state index >= 15 is 0 Å². The molecule has 1 fully saturated rings. The van der Waals surface area contributed by atoms with Gasteiger partial charge < -0.3 is 15.8 Å². The Morgan fingerprint density at radius 1 is 1.37 bits per heavy atom. The molecule has 104 valence electrons. The predicted molar refractivity (Wildman–Crippen MR) is 78.9 cm³/mol. The maximum Gasteiger partial charge on any atom is 0.250 e. The van der Waals surface area contributed by atoms with Crippen LogP contribution in [0.1, 0.15) is 19.3 Å².